The van der Waals surface area contributed by atoms with Crippen LogP contribution in [0.3, 0.4) is 0 Å². The lowest BCUT2D eigenvalue weighted by molar-refractivity contribution is 0.196. The average Bonchev–Trinajstić information content (AvgIpc) is 3.66. The van der Waals surface area contributed by atoms with E-state index in [9.17, 15) is 0 Å². The van der Waals surface area contributed by atoms with Crippen molar-refractivity contribution >= 4 is 43.6 Å². The molecule has 0 radical (unpaired) electrons. The van der Waals surface area contributed by atoms with Crippen LogP contribution in [-0.4, -0.2) is 9.13 Å². The van der Waals surface area contributed by atoms with Gasteiger partial charge in [0.1, 0.15) is 0 Å². The maximum absolute atomic E-state index is 4.23. The summed E-state index contributed by atoms with van der Waals surface area (Å²) in [7, 11) is 0. The largest absolute Gasteiger partial charge is 0.324 e. The fourth-order valence-electron chi connectivity index (χ4n) is 11.4. The molecule has 2 aromatic heterocycles. The third kappa shape index (κ3) is 5.70. The first-order chi connectivity index (χ1) is 31.6. The number of hydrogen-bond acceptors (Lipinski definition) is 2. The van der Waals surface area contributed by atoms with Crippen molar-refractivity contribution in [3.05, 3.63) is 236 Å². The second kappa shape index (κ2) is 14.5. The van der Waals surface area contributed by atoms with E-state index >= 15 is 0 Å². The molecule has 13 rings (SSSR count). The fourth-order valence-corrected chi connectivity index (χ4v) is 11.4. The van der Waals surface area contributed by atoms with Gasteiger partial charge in [-0.3, -0.25) is 10.6 Å². The Labute approximate surface area is 373 Å². The lowest BCUT2D eigenvalue weighted by Gasteiger charge is -2.39. The molecule has 2 fully saturated rings. The van der Waals surface area contributed by atoms with E-state index in [-0.39, 0.29) is 17.9 Å². The van der Waals surface area contributed by atoms with Gasteiger partial charge < -0.3 is 9.13 Å². The molecule has 4 heteroatoms. The monoisotopic (exact) mass is 822 g/mol. The quantitative estimate of drug-likeness (QED) is 0.168. The number of fused-ring (bicyclic) bond motifs is 7. The molecule has 0 bridgehead atoms. The average molecular weight is 823 g/mol. The third-order valence-electron chi connectivity index (χ3n) is 14.5. The SMILES string of the molecule is CC1C2C(n3c4ccccc4c4cc(-c5ccc6c(c5)c5ccccc5n6-c5ccccc5)ccc43)NC(c3ccccc3)NC12c1cccc(-c2ccc(-c3ccccc3)cc2)c1. The maximum Gasteiger partial charge on any atom is 0.0913 e. The number of benzene rings is 9. The Morgan fingerprint density at radius 1 is 0.406 bits per heavy atom. The van der Waals surface area contributed by atoms with Gasteiger partial charge in [0.15, 0.2) is 0 Å². The number of hydrogen-bond donors (Lipinski definition) is 2. The van der Waals surface area contributed by atoms with Gasteiger partial charge >= 0.3 is 0 Å². The number of aromatic nitrogens is 2. The Morgan fingerprint density at radius 3 is 1.61 bits per heavy atom. The number of nitrogens with one attached hydrogen (secondary N) is 2. The minimum atomic E-state index is -0.234. The summed E-state index contributed by atoms with van der Waals surface area (Å²) in [6.07, 6.45) is -0.0228. The first-order valence-electron chi connectivity index (χ1n) is 22.6. The molecule has 0 spiro atoms. The van der Waals surface area contributed by atoms with Gasteiger partial charge in [-0.25, -0.2) is 0 Å². The van der Waals surface area contributed by atoms with E-state index in [1.165, 1.54) is 93.8 Å². The molecule has 1 aliphatic heterocycles. The molecular weight excluding hydrogens is 777 g/mol. The van der Waals surface area contributed by atoms with Crippen molar-refractivity contribution in [3.8, 4) is 39.1 Å². The second-order valence-electron chi connectivity index (χ2n) is 17.8. The molecule has 5 atom stereocenters. The standard InChI is InChI=1S/C60H46N4/c1-39-57-59(61-58(43-18-7-3-8-19-43)62-60(39,57)47-21-15-20-44(36-47)42-30-28-41(29-31-42)40-16-5-2-6-17-40)64-54-27-14-12-25-50(54)52-38-46(33-35-56(52)64)45-32-34-55-51(37-45)49-24-11-13-26-53(49)63(55)48-22-9-4-10-23-48/h2-39,57-59,61-62H,1H3. The summed E-state index contributed by atoms with van der Waals surface area (Å²) in [6.45, 7) is 2.44. The van der Waals surface area contributed by atoms with E-state index in [0.29, 0.717) is 11.8 Å². The molecule has 2 N–H and O–H groups in total. The van der Waals surface area contributed by atoms with Gasteiger partial charge in [0.05, 0.1) is 39.9 Å². The van der Waals surface area contributed by atoms with E-state index in [4.69, 9.17) is 0 Å². The Hall–Kier alpha value is -7.50. The molecule has 1 aliphatic carbocycles. The zero-order valence-electron chi connectivity index (χ0n) is 35.6. The Morgan fingerprint density at radius 2 is 0.891 bits per heavy atom. The molecule has 4 nitrogen and oxygen atoms in total. The number of rotatable bonds is 7. The highest BCUT2D eigenvalue weighted by Crippen LogP contribution is 2.65. The summed E-state index contributed by atoms with van der Waals surface area (Å²) in [6, 6.07) is 82.5. The van der Waals surface area contributed by atoms with Gasteiger partial charge in [0, 0.05) is 33.2 Å². The summed E-state index contributed by atoms with van der Waals surface area (Å²) >= 11 is 0. The van der Waals surface area contributed by atoms with Crippen LogP contribution in [0.4, 0.5) is 0 Å². The van der Waals surface area contributed by atoms with Gasteiger partial charge in [-0.2, -0.15) is 0 Å². The molecule has 64 heavy (non-hydrogen) atoms. The van der Waals surface area contributed by atoms with E-state index in [2.05, 4.69) is 251 Å². The molecule has 5 unspecified atom stereocenters. The van der Waals surface area contributed by atoms with Crippen molar-refractivity contribution in [2.24, 2.45) is 11.8 Å². The van der Waals surface area contributed by atoms with Gasteiger partial charge in [0.2, 0.25) is 0 Å². The summed E-state index contributed by atoms with van der Waals surface area (Å²) in [5.41, 5.74) is 15.8. The minimum absolute atomic E-state index is 0.0315. The highest BCUT2D eigenvalue weighted by atomic mass is 15.4. The van der Waals surface area contributed by atoms with Crippen LogP contribution >= 0.6 is 0 Å². The van der Waals surface area contributed by atoms with E-state index in [1.54, 1.807) is 0 Å². The molecule has 2 aliphatic rings. The zero-order chi connectivity index (χ0) is 42.4. The van der Waals surface area contributed by atoms with Crippen molar-refractivity contribution in [2.45, 2.75) is 24.8 Å². The number of para-hydroxylation sites is 3. The van der Waals surface area contributed by atoms with Gasteiger partial charge in [-0.05, 0) is 105 Å². The maximum atomic E-state index is 4.23. The first-order valence-corrected chi connectivity index (χ1v) is 22.6. The first kappa shape index (κ1) is 37.1. The summed E-state index contributed by atoms with van der Waals surface area (Å²) in [5, 5.41) is 13.5. The molecule has 3 heterocycles. The highest BCUT2D eigenvalue weighted by Gasteiger charge is 2.69. The van der Waals surface area contributed by atoms with Crippen molar-refractivity contribution < 1.29 is 0 Å². The van der Waals surface area contributed by atoms with Crippen molar-refractivity contribution in [1.29, 1.82) is 0 Å². The van der Waals surface area contributed by atoms with Crippen LogP contribution in [0.25, 0.3) is 82.7 Å². The lowest BCUT2D eigenvalue weighted by atomic mass is 9.92. The summed E-state index contributed by atoms with van der Waals surface area (Å²) in [5.74, 6) is 0.667. The zero-order valence-corrected chi connectivity index (χ0v) is 35.6. The highest BCUT2D eigenvalue weighted by molar-refractivity contribution is 6.12. The van der Waals surface area contributed by atoms with Crippen LogP contribution < -0.4 is 10.6 Å². The van der Waals surface area contributed by atoms with Crippen LogP contribution in [0.1, 0.15) is 30.4 Å². The molecule has 306 valence electrons. The predicted octanol–water partition coefficient (Wildman–Crippen LogP) is 14.4. The van der Waals surface area contributed by atoms with Gasteiger partial charge in [-0.1, -0.05) is 177 Å². The normalized spacial score (nSPS) is 20.5. The van der Waals surface area contributed by atoms with Crippen LogP contribution in [-0.2, 0) is 5.54 Å². The third-order valence-corrected chi connectivity index (χ3v) is 14.5. The lowest BCUT2D eigenvalue weighted by Crippen LogP contribution is -2.51. The Bertz CT molecular complexity index is 3530. The Kier molecular flexibility index (Phi) is 8.42. The van der Waals surface area contributed by atoms with Crippen LogP contribution in [0.2, 0.25) is 0 Å². The van der Waals surface area contributed by atoms with E-state index in [1.807, 2.05) is 0 Å². The van der Waals surface area contributed by atoms with Gasteiger partial charge in [0.25, 0.3) is 0 Å². The fraction of sp³-hybridized carbons (Fsp3) is 0.100. The predicted molar refractivity (Wildman–Crippen MR) is 265 cm³/mol. The molecule has 0 amide bonds. The van der Waals surface area contributed by atoms with Crippen molar-refractivity contribution in [2.75, 3.05) is 0 Å². The van der Waals surface area contributed by atoms with Gasteiger partial charge in [-0.15, -0.1) is 0 Å². The van der Waals surface area contributed by atoms with Crippen molar-refractivity contribution in [1.82, 2.24) is 19.8 Å². The molecule has 9 aromatic carbocycles. The minimum Gasteiger partial charge on any atom is -0.324 e. The molecule has 1 saturated heterocycles. The second-order valence-corrected chi connectivity index (χ2v) is 17.8. The molecule has 1 saturated carbocycles. The van der Waals surface area contributed by atoms with Crippen LogP contribution in [0.15, 0.2) is 224 Å². The topological polar surface area (TPSA) is 33.9 Å². The van der Waals surface area contributed by atoms with Crippen LogP contribution in [0.5, 0.6) is 0 Å². The summed E-state index contributed by atoms with van der Waals surface area (Å²) in [4.78, 5) is 0. The van der Waals surface area contributed by atoms with Crippen LogP contribution in [0, 0.1) is 11.8 Å². The van der Waals surface area contributed by atoms with E-state index in [0.717, 1.165) is 0 Å². The van der Waals surface area contributed by atoms with E-state index < -0.39 is 0 Å². The molecular formula is C60H46N4. The molecule has 11 aromatic rings. The summed E-state index contributed by atoms with van der Waals surface area (Å²) < 4.78 is 5.01. The smallest absolute Gasteiger partial charge is 0.0913 e. The number of nitrogens with zero attached hydrogens (tertiary/aromatic N) is 2. The van der Waals surface area contributed by atoms with Crippen molar-refractivity contribution in [3.63, 3.8) is 0 Å². The Balaban J connectivity index is 0.922.